The Morgan fingerprint density at radius 3 is 2.58 bits per heavy atom. The van der Waals surface area contributed by atoms with Crippen molar-refractivity contribution in [2.24, 2.45) is 0 Å². The molecule has 6 heteroatoms. The van der Waals surface area contributed by atoms with E-state index in [-0.39, 0.29) is 11.7 Å². The highest BCUT2D eigenvalue weighted by Gasteiger charge is 2.23. The van der Waals surface area contributed by atoms with Gasteiger partial charge in [0.25, 0.3) is 0 Å². The van der Waals surface area contributed by atoms with E-state index in [1.54, 1.807) is 19.1 Å². The fourth-order valence-corrected chi connectivity index (χ4v) is 2.79. The minimum Gasteiger partial charge on any atom is -0.345 e. The topological polar surface area (TPSA) is 61.4 Å². The van der Waals surface area contributed by atoms with E-state index in [9.17, 15) is 14.0 Å². The van der Waals surface area contributed by atoms with E-state index in [1.807, 2.05) is 0 Å². The van der Waals surface area contributed by atoms with Gasteiger partial charge in [0.15, 0.2) is 0 Å². The number of benzene rings is 1. The van der Waals surface area contributed by atoms with Crippen LogP contribution in [0.4, 0.5) is 10.1 Å². The number of rotatable bonds is 5. The molecule has 24 heavy (non-hydrogen) atoms. The van der Waals surface area contributed by atoms with Gasteiger partial charge in [0.1, 0.15) is 5.82 Å². The molecule has 0 aliphatic carbocycles. The van der Waals surface area contributed by atoms with Gasteiger partial charge in [-0.1, -0.05) is 19.4 Å². The van der Waals surface area contributed by atoms with Crippen molar-refractivity contribution in [3.05, 3.63) is 29.6 Å². The van der Waals surface area contributed by atoms with Gasteiger partial charge in [-0.3, -0.25) is 9.59 Å². The summed E-state index contributed by atoms with van der Waals surface area (Å²) in [4.78, 5) is 26.3. The van der Waals surface area contributed by atoms with Crippen molar-refractivity contribution in [2.75, 3.05) is 25.0 Å². The number of carbonyl (C=O) groups is 2. The molecule has 1 heterocycles. The summed E-state index contributed by atoms with van der Waals surface area (Å²) in [6.07, 6.45) is 4.06. The number of likely N-dealkylation sites (tertiary alicyclic amines) is 1. The summed E-state index contributed by atoms with van der Waals surface area (Å²) in [5, 5.41) is 5.20. The molecule has 0 aromatic heterocycles. The summed E-state index contributed by atoms with van der Waals surface area (Å²) in [6, 6.07) is 4.38. The van der Waals surface area contributed by atoms with Crippen LogP contribution < -0.4 is 10.6 Å². The lowest BCUT2D eigenvalue weighted by atomic mass is 10.0. The van der Waals surface area contributed by atoms with E-state index in [0.29, 0.717) is 5.56 Å². The van der Waals surface area contributed by atoms with Gasteiger partial charge in [0, 0.05) is 24.8 Å². The molecular formula is C18H26FN3O2. The number of unbranched alkanes of at least 4 members (excludes halogenated alkanes) is 1. The van der Waals surface area contributed by atoms with Gasteiger partial charge in [-0.05, 0) is 50.4 Å². The lowest BCUT2D eigenvalue weighted by Gasteiger charge is -2.32. The molecule has 0 radical (unpaired) electrons. The van der Waals surface area contributed by atoms with Crippen LogP contribution in [0.25, 0.3) is 0 Å². The normalized spacial score (nSPS) is 16.0. The zero-order valence-electron chi connectivity index (χ0n) is 14.4. The minimum absolute atomic E-state index is 0.0240. The number of halogens is 1. The van der Waals surface area contributed by atoms with Crippen LogP contribution in [0.5, 0.6) is 0 Å². The second-order valence-corrected chi connectivity index (χ2v) is 6.36. The summed E-state index contributed by atoms with van der Waals surface area (Å²) >= 11 is 0. The molecule has 0 saturated carbocycles. The van der Waals surface area contributed by atoms with Crippen LogP contribution in [0.15, 0.2) is 18.2 Å². The van der Waals surface area contributed by atoms with Crippen molar-refractivity contribution >= 4 is 17.5 Å². The number of piperidine rings is 1. The van der Waals surface area contributed by atoms with Gasteiger partial charge in [-0.25, -0.2) is 4.39 Å². The van der Waals surface area contributed by atoms with Crippen molar-refractivity contribution in [2.45, 2.75) is 45.6 Å². The third kappa shape index (κ3) is 5.30. The first kappa shape index (κ1) is 18.4. The Balaban J connectivity index is 1.78. The molecule has 0 unspecified atom stereocenters. The van der Waals surface area contributed by atoms with E-state index >= 15 is 0 Å². The van der Waals surface area contributed by atoms with Crippen LogP contribution in [-0.4, -0.2) is 42.4 Å². The quantitative estimate of drug-likeness (QED) is 0.813. The van der Waals surface area contributed by atoms with Crippen LogP contribution in [0.3, 0.4) is 0 Å². The molecule has 1 fully saturated rings. The van der Waals surface area contributed by atoms with E-state index in [4.69, 9.17) is 0 Å². The fourth-order valence-electron chi connectivity index (χ4n) is 2.79. The average molecular weight is 335 g/mol. The second-order valence-electron chi connectivity index (χ2n) is 6.36. The van der Waals surface area contributed by atoms with Gasteiger partial charge in [0.2, 0.25) is 0 Å². The molecule has 1 aromatic rings. The maximum Gasteiger partial charge on any atom is 0.313 e. The highest BCUT2D eigenvalue weighted by molar-refractivity contribution is 6.39. The third-order valence-electron chi connectivity index (χ3n) is 4.39. The first-order valence-electron chi connectivity index (χ1n) is 8.60. The second kappa shape index (κ2) is 8.78. The lowest BCUT2D eigenvalue weighted by molar-refractivity contribution is -0.136. The highest BCUT2D eigenvalue weighted by Crippen LogP contribution is 2.14. The van der Waals surface area contributed by atoms with Crippen LogP contribution in [0.2, 0.25) is 0 Å². The smallest absolute Gasteiger partial charge is 0.313 e. The molecule has 2 N–H and O–H groups in total. The SMILES string of the molecule is CCCCN1CCC(NC(=O)C(=O)Nc2ccc(C)c(F)c2)CC1. The van der Waals surface area contributed by atoms with Crippen LogP contribution in [0, 0.1) is 12.7 Å². The van der Waals surface area contributed by atoms with Crippen molar-refractivity contribution in [1.29, 1.82) is 0 Å². The van der Waals surface area contributed by atoms with E-state index in [1.165, 1.54) is 18.9 Å². The molecule has 2 rings (SSSR count). The number of aryl methyl sites for hydroxylation is 1. The van der Waals surface area contributed by atoms with Gasteiger partial charge < -0.3 is 15.5 Å². The Morgan fingerprint density at radius 1 is 1.25 bits per heavy atom. The predicted octanol–water partition coefficient (Wildman–Crippen LogP) is 2.45. The molecule has 0 spiro atoms. The molecule has 0 bridgehead atoms. The molecule has 1 saturated heterocycles. The molecule has 1 aliphatic heterocycles. The van der Waals surface area contributed by atoms with Gasteiger partial charge in [-0.15, -0.1) is 0 Å². The maximum absolute atomic E-state index is 13.5. The summed E-state index contributed by atoms with van der Waals surface area (Å²) in [6.45, 7) is 6.79. The minimum atomic E-state index is -0.758. The van der Waals surface area contributed by atoms with Crippen molar-refractivity contribution in [3.8, 4) is 0 Å². The fraction of sp³-hybridized carbons (Fsp3) is 0.556. The molecule has 132 valence electrons. The Morgan fingerprint density at radius 2 is 1.96 bits per heavy atom. The summed E-state index contributed by atoms with van der Waals surface area (Å²) < 4.78 is 13.5. The first-order valence-corrected chi connectivity index (χ1v) is 8.60. The predicted molar refractivity (Wildman–Crippen MR) is 92.3 cm³/mol. The zero-order valence-corrected chi connectivity index (χ0v) is 14.4. The van der Waals surface area contributed by atoms with Crippen molar-refractivity contribution < 1.29 is 14.0 Å². The Labute approximate surface area is 142 Å². The summed E-state index contributed by atoms with van der Waals surface area (Å²) in [5.74, 6) is -1.83. The zero-order chi connectivity index (χ0) is 17.5. The van der Waals surface area contributed by atoms with Crippen LogP contribution in [-0.2, 0) is 9.59 Å². The Bertz CT molecular complexity index is 584. The van der Waals surface area contributed by atoms with E-state index in [2.05, 4.69) is 22.5 Å². The molecular weight excluding hydrogens is 309 g/mol. The third-order valence-corrected chi connectivity index (χ3v) is 4.39. The van der Waals surface area contributed by atoms with Crippen LogP contribution in [0.1, 0.15) is 38.2 Å². The molecule has 1 aliphatic rings. The first-order chi connectivity index (χ1) is 11.5. The highest BCUT2D eigenvalue weighted by atomic mass is 19.1. The monoisotopic (exact) mass is 335 g/mol. The van der Waals surface area contributed by atoms with Gasteiger partial charge in [-0.2, -0.15) is 0 Å². The molecule has 0 atom stereocenters. The Kier molecular flexibility index (Phi) is 6.73. The summed E-state index contributed by atoms with van der Waals surface area (Å²) in [5.41, 5.74) is 0.778. The number of carbonyl (C=O) groups excluding carboxylic acids is 2. The average Bonchev–Trinajstić information content (AvgIpc) is 2.57. The number of hydrogen-bond acceptors (Lipinski definition) is 3. The molecule has 2 amide bonds. The largest absolute Gasteiger partial charge is 0.345 e. The van der Waals surface area contributed by atoms with E-state index in [0.717, 1.165) is 32.5 Å². The van der Waals surface area contributed by atoms with Crippen molar-refractivity contribution in [3.63, 3.8) is 0 Å². The summed E-state index contributed by atoms with van der Waals surface area (Å²) in [7, 11) is 0. The number of hydrogen-bond donors (Lipinski definition) is 2. The number of nitrogens with one attached hydrogen (secondary N) is 2. The van der Waals surface area contributed by atoms with Crippen LogP contribution >= 0.6 is 0 Å². The number of nitrogens with zero attached hydrogens (tertiary/aromatic N) is 1. The molecule has 1 aromatic carbocycles. The number of amides is 2. The van der Waals surface area contributed by atoms with Gasteiger partial charge in [0.05, 0.1) is 0 Å². The lowest BCUT2D eigenvalue weighted by Crippen LogP contribution is -2.47. The maximum atomic E-state index is 13.5. The van der Waals surface area contributed by atoms with Gasteiger partial charge >= 0.3 is 11.8 Å². The van der Waals surface area contributed by atoms with E-state index < -0.39 is 17.6 Å². The standard InChI is InChI=1S/C18H26FN3O2/c1-3-4-9-22-10-7-14(8-11-22)20-17(23)18(24)21-15-6-5-13(2)16(19)12-15/h5-6,12,14H,3-4,7-11H2,1-2H3,(H,20,23)(H,21,24). The number of anilines is 1. The van der Waals surface area contributed by atoms with Crippen molar-refractivity contribution in [1.82, 2.24) is 10.2 Å². The Hall–Kier alpha value is -1.95. The molecule has 5 nitrogen and oxygen atoms in total.